The van der Waals surface area contributed by atoms with Crippen molar-refractivity contribution < 1.29 is 13.6 Å². The Bertz CT molecular complexity index is 485. The van der Waals surface area contributed by atoms with E-state index < -0.39 is 11.6 Å². The molecule has 0 atom stereocenters. The summed E-state index contributed by atoms with van der Waals surface area (Å²) in [7, 11) is 0. The van der Waals surface area contributed by atoms with E-state index in [-0.39, 0.29) is 23.4 Å². The molecule has 1 aliphatic rings. The summed E-state index contributed by atoms with van der Waals surface area (Å²) in [6, 6.07) is 3.74. The summed E-state index contributed by atoms with van der Waals surface area (Å²) >= 11 is 0. The second kappa shape index (κ2) is 6.31. The number of hydrogen-bond donors (Lipinski definition) is 2. The molecule has 1 aromatic rings. The molecule has 2 rings (SSSR count). The first-order chi connectivity index (χ1) is 9.56. The third kappa shape index (κ3) is 3.33. The van der Waals surface area contributed by atoms with Gasteiger partial charge in [0.05, 0.1) is 5.69 Å². The van der Waals surface area contributed by atoms with Crippen LogP contribution >= 0.6 is 0 Å². The van der Waals surface area contributed by atoms with Gasteiger partial charge in [-0.3, -0.25) is 4.79 Å². The van der Waals surface area contributed by atoms with E-state index in [4.69, 9.17) is 5.73 Å². The standard InChI is InChI=1S/C15H20F2N2O/c16-11-5-4-6-12(14(11)17)19-13(20)9-15(10-18)7-2-1-3-8-15/h4-6H,1-3,7-10,18H2,(H,19,20). The second-order valence-electron chi connectivity index (χ2n) is 5.59. The molecule has 1 aliphatic carbocycles. The van der Waals surface area contributed by atoms with Gasteiger partial charge >= 0.3 is 0 Å². The van der Waals surface area contributed by atoms with E-state index in [1.54, 1.807) is 0 Å². The maximum atomic E-state index is 13.5. The Morgan fingerprint density at radius 3 is 2.60 bits per heavy atom. The van der Waals surface area contributed by atoms with Crippen molar-refractivity contribution in [3.8, 4) is 0 Å². The molecular weight excluding hydrogens is 262 g/mol. The highest BCUT2D eigenvalue weighted by Crippen LogP contribution is 2.38. The molecule has 0 aliphatic heterocycles. The summed E-state index contributed by atoms with van der Waals surface area (Å²) in [4.78, 5) is 12.1. The lowest BCUT2D eigenvalue weighted by Gasteiger charge is -2.35. The number of anilines is 1. The van der Waals surface area contributed by atoms with Gasteiger partial charge in [0.1, 0.15) is 0 Å². The van der Waals surface area contributed by atoms with Crippen molar-refractivity contribution in [1.29, 1.82) is 0 Å². The van der Waals surface area contributed by atoms with Gasteiger partial charge in [0.15, 0.2) is 11.6 Å². The lowest BCUT2D eigenvalue weighted by molar-refractivity contribution is -0.118. The molecule has 1 aromatic carbocycles. The van der Waals surface area contributed by atoms with E-state index in [1.165, 1.54) is 18.6 Å². The number of amides is 1. The number of nitrogens with two attached hydrogens (primary N) is 1. The quantitative estimate of drug-likeness (QED) is 0.891. The molecule has 0 aromatic heterocycles. The van der Waals surface area contributed by atoms with E-state index in [0.717, 1.165) is 31.7 Å². The highest BCUT2D eigenvalue weighted by atomic mass is 19.2. The maximum Gasteiger partial charge on any atom is 0.225 e. The van der Waals surface area contributed by atoms with Crippen molar-refractivity contribution in [3.63, 3.8) is 0 Å². The van der Waals surface area contributed by atoms with Crippen LogP contribution in [0, 0.1) is 17.0 Å². The van der Waals surface area contributed by atoms with Crippen LogP contribution in [0.3, 0.4) is 0 Å². The largest absolute Gasteiger partial charge is 0.330 e. The number of halogens is 2. The van der Waals surface area contributed by atoms with Gasteiger partial charge in [-0.2, -0.15) is 0 Å². The fraction of sp³-hybridized carbons (Fsp3) is 0.533. The monoisotopic (exact) mass is 282 g/mol. The topological polar surface area (TPSA) is 55.1 Å². The number of benzene rings is 1. The first-order valence-electron chi connectivity index (χ1n) is 7.00. The lowest BCUT2D eigenvalue weighted by Crippen LogP contribution is -2.36. The van der Waals surface area contributed by atoms with Crippen molar-refractivity contribution in [2.75, 3.05) is 11.9 Å². The van der Waals surface area contributed by atoms with Crippen molar-refractivity contribution in [1.82, 2.24) is 0 Å². The normalized spacial score (nSPS) is 17.8. The van der Waals surface area contributed by atoms with Crippen molar-refractivity contribution in [2.45, 2.75) is 38.5 Å². The van der Waals surface area contributed by atoms with Crippen LogP contribution in [0.1, 0.15) is 38.5 Å². The first-order valence-corrected chi connectivity index (χ1v) is 7.00. The van der Waals surface area contributed by atoms with Crippen LogP contribution in [0.5, 0.6) is 0 Å². The number of hydrogen-bond acceptors (Lipinski definition) is 2. The van der Waals surface area contributed by atoms with Crippen molar-refractivity contribution in [3.05, 3.63) is 29.8 Å². The Labute approximate surface area is 117 Å². The molecule has 0 radical (unpaired) electrons. The van der Waals surface area contributed by atoms with Crippen LogP contribution in [-0.4, -0.2) is 12.5 Å². The highest BCUT2D eigenvalue weighted by molar-refractivity contribution is 5.91. The van der Waals surface area contributed by atoms with Gasteiger partial charge in [-0.05, 0) is 36.9 Å². The summed E-state index contributed by atoms with van der Waals surface area (Å²) in [6.07, 6.45) is 5.41. The molecule has 3 N–H and O–H groups in total. The lowest BCUT2D eigenvalue weighted by atomic mass is 9.71. The molecule has 1 fully saturated rings. The highest BCUT2D eigenvalue weighted by Gasteiger charge is 2.33. The van der Waals surface area contributed by atoms with Gasteiger partial charge in [0.2, 0.25) is 5.91 Å². The Kier molecular flexibility index (Phi) is 4.70. The average Bonchev–Trinajstić information content (AvgIpc) is 2.45. The molecule has 5 heteroatoms. The zero-order valence-corrected chi connectivity index (χ0v) is 11.4. The average molecular weight is 282 g/mol. The Hall–Kier alpha value is -1.49. The molecule has 0 heterocycles. The Morgan fingerprint density at radius 1 is 1.25 bits per heavy atom. The minimum absolute atomic E-state index is 0.113. The van der Waals surface area contributed by atoms with Crippen molar-refractivity contribution >= 4 is 11.6 Å². The van der Waals surface area contributed by atoms with Crippen LogP contribution in [0.2, 0.25) is 0 Å². The summed E-state index contributed by atoms with van der Waals surface area (Å²) in [5.41, 5.74) is 5.52. The molecule has 20 heavy (non-hydrogen) atoms. The first kappa shape index (κ1) is 14.9. The molecule has 0 saturated heterocycles. The van der Waals surface area contributed by atoms with E-state index >= 15 is 0 Å². The number of rotatable bonds is 4. The molecule has 0 spiro atoms. The summed E-state index contributed by atoms with van der Waals surface area (Å²) in [5, 5.41) is 2.45. The maximum absolute atomic E-state index is 13.5. The summed E-state index contributed by atoms with van der Waals surface area (Å²) in [5.74, 6) is -2.29. The smallest absolute Gasteiger partial charge is 0.225 e. The third-order valence-corrected chi connectivity index (χ3v) is 4.11. The third-order valence-electron chi connectivity index (χ3n) is 4.11. The molecular formula is C15H20F2N2O. The zero-order valence-electron chi connectivity index (χ0n) is 11.4. The molecule has 0 bridgehead atoms. The number of nitrogens with one attached hydrogen (secondary N) is 1. The van der Waals surface area contributed by atoms with Crippen LogP contribution < -0.4 is 11.1 Å². The Balaban J connectivity index is 2.03. The molecule has 1 amide bonds. The fourth-order valence-electron chi connectivity index (χ4n) is 2.89. The predicted octanol–water partition coefficient (Wildman–Crippen LogP) is 3.20. The summed E-state index contributed by atoms with van der Waals surface area (Å²) < 4.78 is 26.6. The molecule has 3 nitrogen and oxygen atoms in total. The van der Waals surface area contributed by atoms with Crippen LogP contribution in [0.15, 0.2) is 18.2 Å². The van der Waals surface area contributed by atoms with E-state index in [2.05, 4.69) is 5.32 Å². The van der Waals surface area contributed by atoms with Gasteiger partial charge in [-0.1, -0.05) is 25.3 Å². The molecule has 110 valence electrons. The Morgan fingerprint density at radius 2 is 1.95 bits per heavy atom. The number of carbonyl (C=O) groups excluding carboxylic acids is 1. The molecule has 1 saturated carbocycles. The van der Waals surface area contributed by atoms with E-state index in [1.807, 2.05) is 0 Å². The predicted molar refractivity (Wildman–Crippen MR) is 74.2 cm³/mol. The molecule has 0 unspecified atom stereocenters. The minimum Gasteiger partial charge on any atom is -0.330 e. The van der Waals surface area contributed by atoms with Crippen LogP contribution in [0.4, 0.5) is 14.5 Å². The van der Waals surface area contributed by atoms with Crippen LogP contribution in [-0.2, 0) is 4.79 Å². The SMILES string of the molecule is NCC1(CC(=O)Nc2cccc(F)c2F)CCCCC1. The van der Waals surface area contributed by atoms with Gasteiger partial charge in [-0.25, -0.2) is 8.78 Å². The van der Waals surface area contributed by atoms with Crippen LogP contribution in [0.25, 0.3) is 0 Å². The van der Waals surface area contributed by atoms with E-state index in [9.17, 15) is 13.6 Å². The van der Waals surface area contributed by atoms with E-state index in [0.29, 0.717) is 6.54 Å². The second-order valence-corrected chi connectivity index (χ2v) is 5.59. The summed E-state index contributed by atoms with van der Waals surface area (Å²) in [6.45, 7) is 0.450. The van der Waals surface area contributed by atoms with Gasteiger partial charge in [-0.15, -0.1) is 0 Å². The fourth-order valence-corrected chi connectivity index (χ4v) is 2.89. The van der Waals surface area contributed by atoms with Gasteiger partial charge in [0, 0.05) is 6.42 Å². The number of carbonyl (C=O) groups is 1. The van der Waals surface area contributed by atoms with Gasteiger partial charge in [0.25, 0.3) is 0 Å². The van der Waals surface area contributed by atoms with Gasteiger partial charge < -0.3 is 11.1 Å². The zero-order chi connectivity index (χ0) is 14.6. The van der Waals surface area contributed by atoms with Crippen molar-refractivity contribution in [2.24, 2.45) is 11.1 Å². The minimum atomic E-state index is -1.02.